The molecule has 0 saturated carbocycles. The van der Waals surface area contributed by atoms with Crippen LogP contribution >= 0.6 is 0 Å². The summed E-state index contributed by atoms with van der Waals surface area (Å²) in [6.07, 6.45) is 6.96. The van der Waals surface area contributed by atoms with Crippen molar-refractivity contribution in [2.24, 2.45) is 0 Å². The Morgan fingerprint density at radius 3 is 2.45 bits per heavy atom. The van der Waals surface area contributed by atoms with Gasteiger partial charge in [0.2, 0.25) is 0 Å². The van der Waals surface area contributed by atoms with Gasteiger partial charge in [-0.1, -0.05) is 26.7 Å². The van der Waals surface area contributed by atoms with Crippen LogP contribution in [0.25, 0.3) is 0 Å². The summed E-state index contributed by atoms with van der Waals surface area (Å²) >= 11 is 0. The molecule has 1 nitrogen and oxygen atoms in total. The fourth-order valence-corrected chi connectivity index (χ4v) is 2.02. The van der Waals surface area contributed by atoms with Gasteiger partial charge in [0.1, 0.15) is 0 Å². The number of nitrogens with zero attached hydrogens (tertiary/aromatic N) is 1. The second kappa shape index (κ2) is 4.10. The van der Waals surface area contributed by atoms with E-state index in [1.165, 1.54) is 32.1 Å². The molecule has 1 heterocycles. The maximum atomic E-state index is 2.55. The zero-order chi connectivity index (χ0) is 8.27. The zero-order valence-electron chi connectivity index (χ0n) is 8.14. The third kappa shape index (κ3) is 1.96. The van der Waals surface area contributed by atoms with E-state index in [9.17, 15) is 0 Å². The van der Waals surface area contributed by atoms with Crippen molar-refractivity contribution in [3.05, 3.63) is 0 Å². The molecule has 2 unspecified atom stereocenters. The summed E-state index contributed by atoms with van der Waals surface area (Å²) in [7, 11) is 2.28. The highest BCUT2D eigenvalue weighted by atomic mass is 15.2. The van der Waals surface area contributed by atoms with Gasteiger partial charge in [-0.05, 0) is 26.3 Å². The first-order chi connectivity index (χ1) is 5.29. The predicted molar refractivity (Wildman–Crippen MR) is 49.8 cm³/mol. The van der Waals surface area contributed by atoms with Gasteiger partial charge in [0.05, 0.1) is 0 Å². The second-order valence-electron chi connectivity index (χ2n) is 3.76. The molecular weight excluding hydrogens is 134 g/mol. The Hall–Kier alpha value is -0.0400. The number of unbranched alkanes of at least 4 members (excludes halogenated alkanes) is 1. The van der Waals surface area contributed by atoms with E-state index in [1.54, 1.807) is 0 Å². The minimum absolute atomic E-state index is 0.900. The molecule has 0 spiro atoms. The molecule has 1 saturated heterocycles. The van der Waals surface area contributed by atoms with Gasteiger partial charge >= 0.3 is 0 Å². The van der Waals surface area contributed by atoms with Gasteiger partial charge in [0.15, 0.2) is 0 Å². The van der Waals surface area contributed by atoms with Crippen molar-refractivity contribution in [1.29, 1.82) is 0 Å². The fraction of sp³-hybridized carbons (Fsp3) is 1.00. The molecule has 0 radical (unpaired) electrons. The highest BCUT2D eigenvalue weighted by Crippen LogP contribution is 2.29. The molecule has 0 amide bonds. The Labute approximate surface area is 70.8 Å². The standard InChI is InChI=1S/C10H21N/c1-4-6-7-10-8-9(5-2)11(10)3/h9-10H,4-8H2,1-3H3. The Morgan fingerprint density at radius 1 is 1.27 bits per heavy atom. The van der Waals surface area contributed by atoms with Gasteiger partial charge < -0.3 is 4.90 Å². The first-order valence-corrected chi connectivity index (χ1v) is 5.01. The van der Waals surface area contributed by atoms with Crippen LogP contribution < -0.4 is 0 Å². The van der Waals surface area contributed by atoms with E-state index in [4.69, 9.17) is 0 Å². The van der Waals surface area contributed by atoms with Crippen LogP contribution in [0.5, 0.6) is 0 Å². The third-order valence-electron chi connectivity index (χ3n) is 3.06. The van der Waals surface area contributed by atoms with E-state index in [-0.39, 0.29) is 0 Å². The van der Waals surface area contributed by atoms with Gasteiger partial charge in [-0.2, -0.15) is 0 Å². The summed E-state index contributed by atoms with van der Waals surface area (Å²) in [4.78, 5) is 2.55. The summed E-state index contributed by atoms with van der Waals surface area (Å²) in [5.41, 5.74) is 0. The highest BCUT2D eigenvalue weighted by Gasteiger charge is 2.32. The topological polar surface area (TPSA) is 3.24 Å². The molecule has 0 bridgehead atoms. The number of likely N-dealkylation sites (tertiary alicyclic amines) is 1. The van der Waals surface area contributed by atoms with E-state index in [0.717, 1.165) is 12.1 Å². The Balaban J connectivity index is 2.11. The van der Waals surface area contributed by atoms with Gasteiger partial charge in [-0.3, -0.25) is 0 Å². The van der Waals surface area contributed by atoms with E-state index >= 15 is 0 Å². The summed E-state index contributed by atoms with van der Waals surface area (Å²) in [5.74, 6) is 0. The van der Waals surface area contributed by atoms with Gasteiger partial charge in [-0.15, -0.1) is 0 Å². The molecule has 1 aliphatic rings. The summed E-state index contributed by atoms with van der Waals surface area (Å²) in [6.45, 7) is 4.56. The predicted octanol–water partition coefficient (Wildman–Crippen LogP) is 2.66. The Kier molecular flexibility index (Phi) is 3.38. The quantitative estimate of drug-likeness (QED) is 0.603. The van der Waals surface area contributed by atoms with Crippen LogP contribution in [0.1, 0.15) is 46.0 Å². The molecule has 1 heteroatoms. The lowest BCUT2D eigenvalue weighted by molar-refractivity contribution is 0.0348. The molecule has 11 heavy (non-hydrogen) atoms. The second-order valence-corrected chi connectivity index (χ2v) is 3.76. The van der Waals surface area contributed by atoms with Crippen molar-refractivity contribution < 1.29 is 0 Å². The van der Waals surface area contributed by atoms with Gasteiger partial charge in [0, 0.05) is 12.1 Å². The maximum Gasteiger partial charge on any atom is 0.0110 e. The average Bonchev–Trinajstić information content (AvgIpc) is 2.03. The Morgan fingerprint density at radius 2 is 2.00 bits per heavy atom. The molecule has 66 valence electrons. The number of hydrogen-bond acceptors (Lipinski definition) is 1. The molecule has 0 N–H and O–H groups in total. The highest BCUT2D eigenvalue weighted by molar-refractivity contribution is 4.88. The van der Waals surface area contributed by atoms with Crippen molar-refractivity contribution in [2.75, 3.05) is 7.05 Å². The van der Waals surface area contributed by atoms with Crippen LogP contribution in [0.4, 0.5) is 0 Å². The molecule has 1 aliphatic heterocycles. The van der Waals surface area contributed by atoms with Gasteiger partial charge in [0.25, 0.3) is 0 Å². The van der Waals surface area contributed by atoms with E-state index < -0.39 is 0 Å². The van der Waals surface area contributed by atoms with Crippen molar-refractivity contribution in [3.8, 4) is 0 Å². The third-order valence-corrected chi connectivity index (χ3v) is 3.06. The molecular formula is C10H21N. The van der Waals surface area contributed by atoms with Crippen LogP contribution in [0.2, 0.25) is 0 Å². The molecule has 0 aliphatic carbocycles. The largest absolute Gasteiger partial charge is 0.300 e. The van der Waals surface area contributed by atoms with Crippen molar-refractivity contribution in [3.63, 3.8) is 0 Å². The molecule has 2 atom stereocenters. The number of rotatable bonds is 4. The van der Waals surface area contributed by atoms with Gasteiger partial charge in [-0.25, -0.2) is 0 Å². The lowest BCUT2D eigenvalue weighted by atomic mass is 9.88. The van der Waals surface area contributed by atoms with Crippen molar-refractivity contribution in [2.45, 2.75) is 58.0 Å². The van der Waals surface area contributed by atoms with Crippen LogP contribution in [0, 0.1) is 0 Å². The first-order valence-electron chi connectivity index (χ1n) is 5.01. The van der Waals surface area contributed by atoms with Crippen molar-refractivity contribution in [1.82, 2.24) is 4.90 Å². The lowest BCUT2D eigenvalue weighted by Gasteiger charge is -2.46. The van der Waals surface area contributed by atoms with Crippen LogP contribution in [-0.2, 0) is 0 Å². The lowest BCUT2D eigenvalue weighted by Crippen LogP contribution is -2.52. The monoisotopic (exact) mass is 155 g/mol. The minimum atomic E-state index is 0.900. The molecule has 0 aromatic heterocycles. The summed E-state index contributed by atoms with van der Waals surface area (Å²) in [5, 5.41) is 0. The SMILES string of the molecule is CCCCC1CC(CC)N1C. The zero-order valence-corrected chi connectivity index (χ0v) is 8.14. The minimum Gasteiger partial charge on any atom is -0.300 e. The molecule has 0 aromatic rings. The van der Waals surface area contributed by atoms with Crippen LogP contribution in [-0.4, -0.2) is 24.0 Å². The normalized spacial score (nSPS) is 31.9. The molecule has 0 aromatic carbocycles. The number of hydrogen-bond donors (Lipinski definition) is 0. The average molecular weight is 155 g/mol. The van der Waals surface area contributed by atoms with Crippen LogP contribution in [0.3, 0.4) is 0 Å². The Bertz CT molecular complexity index is 109. The first kappa shape index (κ1) is 9.05. The summed E-state index contributed by atoms with van der Waals surface area (Å²) < 4.78 is 0. The van der Waals surface area contributed by atoms with E-state index in [0.29, 0.717) is 0 Å². The van der Waals surface area contributed by atoms with Crippen LogP contribution in [0.15, 0.2) is 0 Å². The smallest absolute Gasteiger partial charge is 0.0110 e. The van der Waals surface area contributed by atoms with E-state index in [2.05, 4.69) is 25.8 Å². The van der Waals surface area contributed by atoms with Crippen molar-refractivity contribution >= 4 is 0 Å². The van der Waals surface area contributed by atoms with E-state index in [1.807, 2.05) is 0 Å². The molecule has 1 rings (SSSR count). The molecule has 1 fully saturated rings. The maximum absolute atomic E-state index is 2.55. The fourth-order valence-electron chi connectivity index (χ4n) is 2.02. The summed E-state index contributed by atoms with van der Waals surface area (Å²) in [6, 6.07) is 1.82.